The van der Waals surface area contributed by atoms with Crippen molar-refractivity contribution in [1.29, 1.82) is 0 Å². The molecule has 1 amide bonds. The largest absolute Gasteiger partial charge is 0.348 e. The van der Waals surface area contributed by atoms with Crippen LogP contribution >= 0.6 is 0 Å². The zero-order valence-electron chi connectivity index (χ0n) is 8.92. The summed E-state index contributed by atoms with van der Waals surface area (Å²) < 4.78 is 0. The Morgan fingerprint density at radius 3 is 2.31 bits per heavy atom. The Morgan fingerprint density at radius 2 is 2.00 bits per heavy atom. The van der Waals surface area contributed by atoms with E-state index in [0.29, 0.717) is 12.5 Å². The Balaban J connectivity index is 4.10. The maximum Gasteiger partial charge on any atom is 0.244 e. The normalized spacial score (nSPS) is 12.5. The molecule has 3 nitrogen and oxygen atoms in total. The van der Waals surface area contributed by atoms with E-state index in [1.54, 1.807) is 6.08 Å². The molecule has 13 heavy (non-hydrogen) atoms. The topological polar surface area (TPSA) is 55.1 Å². The Bertz CT molecular complexity index is 193. The summed E-state index contributed by atoms with van der Waals surface area (Å²) in [6, 6.07) is 0.0723. The third-order valence-electron chi connectivity index (χ3n) is 1.81. The van der Waals surface area contributed by atoms with E-state index >= 15 is 0 Å². The predicted molar refractivity (Wildman–Crippen MR) is 55.3 cm³/mol. The molecule has 0 saturated heterocycles. The minimum Gasteiger partial charge on any atom is -0.348 e. The van der Waals surface area contributed by atoms with Gasteiger partial charge < -0.3 is 11.1 Å². The summed E-state index contributed by atoms with van der Waals surface area (Å²) in [4.78, 5) is 11.3. The highest BCUT2D eigenvalue weighted by Crippen LogP contribution is 1.99. The molecule has 3 heteroatoms. The average Bonchev–Trinajstić information content (AvgIpc) is 1.98. The zero-order chi connectivity index (χ0) is 10.4. The summed E-state index contributed by atoms with van der Waals surface area (Å²) >= 11 is 0. The van der Waals surface area contributed by atoms with Crippen LogP contribution in [0.2, 0.25) is 0 Å². The van der Waals surface area contributed by atoms with Gasteiger partial charge in [0, 0.05) is 18.7 Å². The Labute approximate surface area is 80.4 Å². The number of nitrogens with one attached hydrogen (secondary N) is 1. The molecule has 1 unspecified atom stereocenters. The quantitative estimate of drug-likeness (QED) is 0.642. The second-order valence-electron chi connectivity index (χ2n) is 3.82. The van der Waals surface area contributed by atoms with E-state index in [1.807, 2.05) is 27.7 Å². The molecular formula is C10H20N2O. The van der Waals surface area contributed by atoms with Crippen LogP contribution in [0.1, 0.15) is 27.7 Å². The molecule has 0 aromatic heterocycles. The summed E-state index contributed by atoms with van der Waals surface area (Å²) in [6.07, 6.45) is 1.59. The first-order valence-corrected chi connectivity index (χ1v) is 4.62. The minimum absolute atomic E-state index is 0.0517. The number of allylic oxidation sites excluding steroid dienone is 1. The first-order chi connectivity index (χ1) is 5.97. The van der Waals surface area contributed by atoms with E-state index in [9.17, 15) is 4.79 Å². The maximum atomic E-state index is 11.3. The third-order valence-corrected chi connectivity index (χ3v) is 1.81. The van der Waals surface area contributed by atoms with Crippen molar-refractivity contribution in [2.45, 2.75) is 33.7 Å². The lowest BCUT2D eigenvalue weighted by Crippen LogP contribution is -2.43. The molecule has 0 aliphatic heterocycles. The molecule has 1 atom stereocenters. The van der Waals surface area contributed by atoms with Gasteiger partial charge in [0.1, 0.15) is 0 Å². The summed E-state index contributed by atoms with van der Waals surface area (Å²) in [6.45, 7) is 8.36. The lowest BCUT2D eigenvalue weighted by atomic mass is 10.0. The van der Waals surface area contributed by atoms with E-state index in [1.165, 1.54) is 0 Å². The summed E-state index contributed by atoms with van der Waals surface area (Å²) in [7, 11) is 0. The molecule has 0 aromatic carbocycles. The fourth-order valence-corrected chi connectivity index (χ4v) is 0.984. The van der Waals surface area contributed by atoms with Crippen LogP contribution in [0.3, 0.4) is 0 Å². The summed E-state index contributed by atoms with van der Waals surface area (Å²) in [5.41, 5.74) is 6.51. The minimum atomic E-state index is -0.0517. The van der Waals surface area contributed by atoms with E-state index < -0.39 is 0 Å². The number of carbonyl (C=O) groups excluding carboxylic acids is 1. The first-order valence-electron chi connectivity index (χ1n) is 4.62. The second kappa shape index (κ2) is 5.75. The van der Waals surface area contributed by atoms with E-state index in [0.717, 1.165) is 5.57 Å². The maximum absolute atomic E-state index is 11.3. The highest BCUT2D eigenvalue weighted by molar-refractivity contribution is 5.88. The number of amides is 1. The van der Waals surface area contributed by atoms with Gasteiger partial charge in [-0.2, -0.15) is 0 Å². The van der Waals surface area contributed by atoms with Crippen molar-refractivity contribution in [2.75, 3.05) is 6.54 Å². The van der Waals surface area contributed by atoms with Crippen LogP contribution in [0, 0.1) is 5.92 Å². The van der Waals surface area contributed by atoms with Crippen molar-refractivity contribution in [2.24, 2.45) is 11.7 Å². The highest BCUT2D eigenvalue weighted by atomic mass is 16.1. The fraction of sp³-hybridized carbons (Fsp3) is 0.700. The molecule has 0 fully saturated rings. The van der Waals surface area contributed by atoms with Gasteiger partial charge in [-0.15, -0.1) is 0 Å². The predicted octanol–water partition coefficient (Wildman–Crippen LogP) is 1.05. The Hall–Kier alpha value is -0.830. The van der Waals surface area contributed by atoms with Crippen molar-refractivity contribution < 1.29 is 4.79 Å². The van der Waals surface area contributed by atoms with Gasteiger partial charge in [0.2, 0.25) is 5.91 Å². The van der Waals surface area contributed by atoms with Crippen LogP contribution in [-0.2, 0) is 4.79 Å². The molecule has 3 N–H and O–H groups in total. The smallest absolute Gasteiger partial charge is 0.244 e. The van der Waals surface area contributed by atoms with Gasteiger partial charge in [0.05, 0.1) is 0 Å². The molecule has 0 saturated carbocycles. The number of rotatable bonds is 4. The lowest BCUT2D eigenvalue weighted by molar-refractivity contribution is -0.117. The number of nitrogens with two attached hydrogens (primary N) is 1. The van der Waals surface area contributed by atoms with Gasteiger partial charge in [-0.25, -0.2) is 0 Å². The molecule has 0 spiro atoms. The van der Waals surface area contributed by atoms with E-state index in [2.05, 4.69) is 5.32 Å². The van der Waals surface area contributed by atoms with Crippen molar-refractivity contribution in [3.05, 3.63) is 11.6 Å². The van der Waals surface area contributed by atoms with E-state index in [-0.39, 0.29) is 11.9 Å². The zero-order valence-corrected chi connectivity index (χ0v) is 8.92. The highest BCUT2D eigenvalue weighted by Gasteiger charge is 2.12. The van der Waals surface area contributed by atoms with Crippen molar-refractivity contribution >= 4 is 5.91 Å². The third kappa shape index (κ3) is 5.42. The first kappa shape index (κ1) is 12.2. The van der Waals surface area contributed by atoms with Crippen molar-refractivity contribution in [1.82, 2.24) is 5.32 Å². The lowest BCUT2D eigenvalue weighted by Gasteiger charge is -2.19. The second-order valence-corrected chi connectivity index (χ2v) is 3.82. The molecule has 0 radical (unpaired) electrons. The van der Waals surface area contributed by atoms with E-state index in [4.69, 9.17) is 5.73 Å². The van der Waals surface area contributed by atoms with Crippen molar-refractivity contribution in [3.8, 4) is 0 Å². The summed E-state index contributed by atoms with van der Waals surface area (Å²) in [5, 5.41) is 2.86. The Morgan fingerprint density at radius 1 is 1.46 bits per heavy atom. The van der Waals surface area contributed by atoms with Gasteiger partial charge >= 0.3 is 0 Å². The van der Waals surface area contributed by atoms with Crippen LogP contribution in [0.15, 0.2) is 11.6 Å². The molecule has 0 heterocycles. The molecule has 0 aromatic rings. The van der Waals surface area contributed by atoms with Crippen LogP contribution in [0.4, 0.5) is 0 Å². The Kier molecular flexibility index (Phi) is 5.39. The molecule has 0 rings (SSSR count). The van der Waals surface area contributed by atoms with Gasteiger partial charge in [-0.3, -0.25) is 4.79 Å². The standard InChI is InChI=1S/C10H20N2O/c1-7(2)5-10(13)12-9(6-11)8(3)4/h5,8-9H,6,11H2,1-4H3,(H,12,13). The van der Waals surface area contributed by atoms with Crippen LogP contribution in [-0.4, -0.2) is 18.5 Å². The molecule has 0 aliphatic rings. The molecule has 0 aliphatic carbocycles. The van der Waals surface area contributed by atoms with Gasteiger partial charge in [0.15, 0.2) is 0 Å². The number of hydrogen-bond donors (Lipinski definition) is 2. The monoisotopic (exact) mass is 184 g/mol. The van der Waals surface area contributed by atoms with Crippen LogP contribution < -0.4 is 11.1 Å². The fourth-order valence-electron chi connectivity index (χ4n) is 0.984. The van der Waals surface area contributed by atoms with Crippen LogP contribution in [0.25, 0.3) is 0 Å². The van der Waals surface area contributed by atoms with Crippen LogP contribution in [0.5, 0.6) is 0 Å². The van der Waals surface area contributed by atoms with Crippen molar-refractivity contribution in [3.63, 3.8) is 0 Å². The number of carbonyl (C=O) groups is 1. The average molecular weight is 184 g/mol. The molecule has 76 valence electrons. The molecular weight excluding hydrogens is 164 g/mol. The van der Waals surface area contributed by atoms with Gasteiger partial charge in [-0.1, -0.05) is 19.4 Å². The SMILES string of the molecule is CC(C)=CC(=O)NC(CN)C(C)C. The number of hydrogen-bond acceptors (Lipinski definition) is 2. The molecule has 0 bridgehead atoms. The van der Waals surface area contributed by atoms with Gasteiger partial charge in [-0.05, 0) is 19.8 Å². The van der Waals surface area contributed by atoms with Gasteiger partial charge in [0.25, 0.3) is 0 Å². The summed E-state index contributed by atoms with van der Waals surface area (Å²) in [5.74, 6) is 0.323.